The number of imide groups is 1. The summed E-state index contributed by atoms with van der Waals surface area (Å²) in [6, 6.07) is 4.35. The van der Waals surface area contributed by atoms with Crippen LogP contribution in [0.1, 0.15) is 13.3 Å². The Morgan fingerprint density at radius 2 is 1.88 bits per heavy atom. The average molecular weight is 372 g/mol. The first-order valence-electron chi connectivity index (χ1n) is 7.88. The first-order chi connectivity index (χ1) is 11.8. The largest absolute Gasteiger partial charge is 0.495 e. The number of halogens is 1. The summed E-state index contributed by atoms with van der Waals surface area (Å²) in [7, 11) is 3.17. The average Bonchev–Trinajstić information content (AvgIpc) is 2.52. The van der Waals surface area contributed by atoms with Gasteiger partial charge >= 0.3 is 6.03 Å². The number of rotatable bonds is 8. The molecule has 0 heterocycles. The summed E-state index contributed by atoms with van der Waals surface area (Å²) in [6.07, 6.45) is 0.778. The van der Waals surface area contributed by atoms with Gasteiger partial charge in [-0.1, -0.05) is 18.5 Å². The van der Waals surface area contributed by atoms with Gasteiger partial charge in [-0.2, -0.15) is 0 Å². The summed E-state index contributed by atoms with van der Waals surface area (Å²) in [5.41, 5.74) is 0.455. The lowest BCUT2D eigenvalue weighted by atomic mass is 10.3. The lowest BCUT2D eigenvalue weighted by Crippen LogP contribution is -3.11. The predicted octanol–water partition coefficient (Wildman–Crippen LogP) is 0.0376. The van der Waals surface area contributed by atoms with Crippen molar-refractivity contribution in [2.45, 2.75) is 13.3 Å². The molecule has 25 heavy (non-hydrogen) atoms. The van der Waals surface area contributed by atoms with Gasteiger partial charge in [-0.25, -0.2) is 4.79 Å². The number of quaternary nitrogens is 1. The SMILES string of the molecule is CCCNC(=O)NC(=O)C[NH+](C)CC(=O)Nc1cc(Cl)ccc1OC. The summed E-state index contributed by atoms with van der Waals surface area (Å²) in [4.78, 5) is 35.9. The van der Waals surface area contributed by atoms with Gasteiger partial charge in [0.25, 0.3) is 11.8 Å². The van der Waals surface area contributed by atoms with E-state index in [-0.39, 0.29) is 19.0 Å². The molecule has 1 aromatic carbocycles. The number of carbonyl (C=O) groups is 3. The van der Waals surface area contributed by atoms with E-state index in [0.717, 1.165) is 6.42 Å². The Morgan fingerprint density at radius 1 is 1.20 bits per heavy atom. The molecule has 0 aliphatic heterocycles. The second-order valence-electron chi connectivity index (χ2n) is 5.51. The second-order valence-corrected chi connectivity index (χ2v) is 5.94. The van der Waals surface area contributed by atoms with Crippen molar-refractivity contribution in [2.24, 2.45) is 0 Å². The van der Waals surface area contributed by atoms with Gasteiger partial charge in [-0.15, -0.1) is 0 Å². The summed E-state index contributed by atoms with van der Waals surface area (Å²) < 4.78 is 5.16. The van der Waals surface area contributed by atoms with Crippen LogP contribution in [-0.4, -0.2) is 51.6 Å². The number of ether oxygens (including phenoxy) is 1. The number of methoxy groups -OCH3 is 1. The predicted molar refractivity (Wildman–Crippen MR) is 95.1 cm³/mol. The Bertz CT molecular complexity index is 624. The molecule has 0 radical (unpaired) electrons. The number of anilines is 1. The maximum Gasteiger partial charge on any atom is 0.321 e. The van der Waals surface area contributed by atoms with E-state index in [1.807, 2.05) is 6.92 Å². The molecule has 4 amide bonds. The van der Waals surface area contributed by atoms with Crippen LogP contribution in [0.3, 0.4) is 0 Å². The first kappa shape index (κ1) is 20.7. The van der Waals surface area contributed by atoms with E-state index in [9.17, 15) is 14.4 Å². The van der Waals surface area contributed by atoms with Crippen molar-refractivity contribution in [3.8, 4) is 5.75 Å². The molecule has 1 atom stereocenters. The summed E-state index contributed by atoms with van der Waals surface area (Å²) in [5.74, 6) is -0.277. The minimum Gasteiger partial charge on any atom is -0.495 e. The van der Waals surface area contributed by atoms with Gasteiger partial charge in [0.05, 0.1) is 19.8 Å². The number of likely N-dealkylation sites (N-methyl/N-ethyl adjacent to an activating group) is 1. The minimum atomic E-state index is -0.534. The highest BCUT2D eigenvalue weighted by Crippen LogP contribution is 2.27. The zero-order chi connectivity index (χ0) is 18.8. The number of amides is 4. The fourth-order valence-corrected chi connectivity index (χ4v) is 2.21. The number of hydrogen-bond acceptors (Lipinski definition) is 4. The van der Waals surface area contributed by atoms with E-state index in [2.05, 4.69) is 16.0 Å². The standard InChI is InChI=1S/C16H23ClN4O4/c1-4-7-18-16(24)20-15(23)10-21(2)9-14(22)19-12-8-11(17)5-6-13(12)25-3/h5-6,8H,4,7,9-10H2,1-3H3,(H,19,22)(H2,18,20,23,24)/p+1. The molecular weight excluding hydrogens is 348 g/mol. The van der Waals surface area contributed by atoms with E-state index in [0.29, 0.717) is 27.9 Å². The van der Waals surface area contributed by atoms with Crippen molar-refractivity contribution in [3.05, 3.63) is 23.2 Å². The van der Waals surface area contributed by atoms with Crippen LogP contribution in [0.25, 0.3) is 0 Å². The van der Waals surface area contributed by atoms with Crippen LogP contribution < -0.4 is 25.6 Å². The molecule has 1 unspecified atom stereocenters. The third-order valence-corrected chi connectivity index (χ3v) is 3.38. The molecule has 0 aromatic heterocycles. The fourth-order valence-electron chi connectivity index (χ4n) is 2.04. The van der Waals surface area contributed by atoms with Crippen LogP contribution in [0.15, 0.2) is 18.2 Å². The van der Waals surface area contributed by atoms with E-state index in [4.69, 9.17) is 16.3 Å². The molecule has 138 valence electrons. The van der Waals surface area contributed by atoms with Gasteiger partial charge in [0.2, 0.25) is 0 Å². The normalized spacial score (nSPS) is 11.4. The fraction of sp³-hybridized carbons (Fsp3) is 0.438. The van der Waals surface area contributed by atoms with Crippen molar-refractivity contribution in [2.75, 3.05) is 39.1 Å². The highest BCUT2D eigenvalue weighted by atomic mass is 35.5. The zero-order valence-electron chi connectivity index (χ0n) is 14.6. The third-order valence-electron chi connectivity index (χ3n) is 3.15. The summed E-state index contributed by atoms with van der Waals surface area (Å²) in [6.45, 7) is 2.43. The maximum atomic E-state index is 12.1. The third kappa shape index (κ3) is 7.86. The Hall–Kier alpha value is -2.32. The smallest absolute Gasteiger partial charge is 0.321 e. The van der Waals surface area contributed by atoms with Crippen LogP contribution in [0.4, 0.5) is 10.5 Å². The topological polar surface area (TPSA) is 101 Å². The molecule has 0 fully saturated rings. The molecule has 0 aliphatic carbocycles. The lowest BCUT2D eigenvalue weighted by Gasteiger charge is -2.15. The van der Waals surface area contributed by atoms with Crippen LogP contribution in [0.2, 0.25) is 5.02 Å². The van der Waals surface area contributed by atoms with E-state index < -0.39 is 11.9 Å². The molecule has 0 aliphatic rings. The van der Waals surface area contributed by atoms with Crippen molar-refractivity contribution in [1.29, 1.82) is 0 Å². The quantitative estimate of drug-likeness (QED) is 0.518. The van der Waals surface area contributed by atoms with Gasteiger partial charge in [0, 0.05) is 11.6 Å². The first-order valence-corrected chi connectivity index (χ1v) is 8.25. The maximum absolute atomic E-state index is 12.1. The summed E-state index contributed by atoms with van der Waals surface area (Å²) in [5, 5.41) is 7.92. The number of benzene rings is 1. The molecule has 0 saturated heterocycles. The van der Waals surface area contributed by atoms with E-state index >= 15 is 0 Å². The van der Waals surface area contributed by atoms with Crippen molar-refractivity contribution >= 4 is 35.1 Å². The van der Waals surface area contributed by atoms with Gasteiger partial charge in [-0.3, -0.25) is 14.9 Å². The van der Waals surface area contributed by atoms with Gasteiger partial charge < -0.3 is 20.3 Å². The number of hydrogen-bond donors (Lipinski definition) is 4. The molecule has 0 saturated carbocycles. The highest BCUT2D eigenvalue weighted by molar-refractivity contribution is 6.31. The monoisotopic (exact) mass is 371 g/mol. The Kier molecular flexibility index (Phi) is 8.73. The van der Waals surface area contributed by atoms with Gasteiger partial charge in [0.1, 0.15) is 5.75 Å². The Morgan fingerprint density at radius 3 is 2.52 bits per heavy atom. The van der Waals surface area contributed by atoms with Crippen molar-refractivity contribution in [3.63, 3.8) is 0 Å². The Labute approximate surface area is 151 Å². The second kappa shape index (κ2) is 10.5. The van der Waals surface area contributed by atoms with Crippen LogP contribution in [0, 0.1) is 0 Å². The molecule has 0 bridgehead atoms. The van der Waals surface area contributed by atoms with Crippen molar-refractivity contribution < 1.29 is 24.0 Å². The van der Waals surface area contributed by atoms with Crippen LogP contribution in [-0.2, 0) is 9.59 Å². The Balaban J connectivity index is 2.47. The summed E-state index contributed by atoms with van der Waals surface area (Å²) >= 11 is 5.91. The molecule has 8 nitrogen and oxygen atoms in total. The van der Waals surface area contributed by atoms with Gasteiger partial charge in [0.15, 0.2) is 13.1 Å². The molecule has 1 rings (SSSR count). The highest BCUT2D eigenvalue weighted by Gasteiger charge is 2.17. The number of nitrogens with one attached hydrogen (secondary N) is 4. The van der Waals surface area contributed by atoms with E-state index in [1.54, 1.807) is 25.2 Å². The van der Waals surface area contributed by atoms with E-state index in [1.165, 1.54) is 7.11 Å². The van der Waals surface area contributed by atoms with Crippen molar-refractivity contribution in [1.82, 2.24) is 10.6 Å². The molecule has 1 aromatic rings. The minimum absolute atomic E-state index is 0.0142. The molecule has 0 spiro atoms. The van der Waals surface area contributed by atoms with Crippen LogP contribution in [0.5, 0.6) is 5.75 Å². The molecular formula is C16H24ClN4O4+. The number of carbonyl (C=O) groups excluding carboxylic acids is 3. The van der Waals surface area contributed by atoms with Gasteiger partial charge in [-0.05, 0) is 24.6 Å². The molecule has 9 heteroatoms. The number of urea groups is 1. The van der Waals surface area contributed by atoms with Crippen LogP contribution >= 0.6 is 11.6 Å². The lowest BCUT2D eigenvalue weighted by molar-refractivity contribution is -0.862. The zero-order valence-corrected chi connectivity index (χ0v) is 15.3. The molecule has 4 N–H and O–H groups in total.